The lowest BCUT2D eigenvalue weighted by atomic mass is 10.1. The number of pyridine rings is 1. The van der Waals surface area contributed by atoms with E-state index in [1.165, 1.54) is 12.1 Å². The van der Waals surface area contributed by atoms with E-state index in [0.29, 0.717) is 12.2 Å². The SMILES string of the molecule is Cc1cccc(CNc2ccc([N+](=O)[O-])c(C#N)c2)n1. The van der Waals surface area contributed by atoms with Gasteiger partial charge in [0, 0.05) is 17.4 Å². The zero-order valence-electron chi connectivity index (χ0n) is 10.8. The van der Waals surface area contributed by atoms with Crippen molar-refractivity contribution in [3.05, 3.63) is 63.5 Å². The van der Waals surface area contributed by atoms with E-state index in [1.54, 1.807) is 6.07 Å². The molecule has 0 aliphatic carbocycles. The van der Waals surface area contributed by atoms with E-state index in [1.807, 2.05) is 31.2 Å². The standard InChI is InChI=1S/C14H12N4O2/c1-10-3-2-4-13(17-10)9-16-12-5-6-14(18(19)20)11(7-12)8-15/h2-7,16H,9H2,1H3. The van der Waals surface area contributed by atoms with Crippen molar-refractivity contribution in [2.45, 2.75) is 13.5 Å². The van der Waals surface area contributed by atoms with E-state index in [9.17, 15) is 10.1 Å². The van der Waals surface area contributed by atoms with Crippen LogP contribution in [0.25, 0.3) is 0 Å². The molecule has 0 saturated heterocycles. The minimum atomic E-state index is -0.565. The second-order valence-corrected chi connectivity index (χ2v) is 4.22. The maximum atomic E-state index is 10.7. The first-order chi connectivity index (χ1) is 9.60. The van der Waals surface area contributed by atoms with Crippen LogP contribution in [0.3, 0.4) is 0 Å². The number of nitriles is 1. The van der Waals surface area contributed by atoms with E-state index in [0.717, 1.165) is 11.4 Å². The molecule has 1 aromatic carbocycles. The summed E-state index contributed by atoms with van der Waals surface area (Å²) in [6.45, 7) is 2.40. The number of nitro groups is 1. The Kier molecular flexibility index (Phi) is 3.91. The first kappa shape index (κ1) is 13.5. The average molecular weight is 268 g/mol. The number of nitro benzene ring substituents is 1. The summed E-state index contributed by atoms with van der Waals surface area (Å²) in [5.74, 6) is 0. The van der Waals surface area contributed by atoms with Gasteiger partial charge in [0.1, 0.15) is 11.6 Å². The molecule has 0 spiro atoms. The van der Waals surface area contributed by atoms with Crippen molar-refractivity contribution in [3.63, 3.8) is 0 Å². The zero-order chi connectivity index (χ0) is 14.5. The average Bonchev–Trinajstić information content (AvgIpc) is 2.44. The molecule has 20 heavy (non-hydrogen) atoms. The summed E-state index contributed by atoms with van der Waals surface area (Å²) in [6, 6.07) is 11.9. The number of anilines is 1. The molecular formula is C14H12N4O2. The van der Waals surface area contributed by atoms with Crippen molar-refractivity contribution < 1.29 is 4.92 Å². The summed E-state index contributed by atoms with van der Waals surface area (Å²) in [5, 5.41) is 22.7. The summed E-state index contributed by atoms with van der Waals surface area (Å²) < 4.78 is 0. The minimum absolute atomic E-state index is 0.0391. The van der Waals surface area contributed by atoms with Crippen LogP contribution in [-0.2, 0) is 6.54 Å². The second-order valence-electron chi connectivity index (χ2n) is 4.22. The van der Waals surface area contributed by atoms with Crippen LogP contribution in [0.1, 0.15) is 17.0 Å². The van der Waals surface area contributed by atoms with Gasteiger partial charge in [-0.05, 0) is 31.2 Å². The smallest absolute Gasteiger partial charge is 0.287 e. The van der Waals surface area contributed by atoms with Gasteiger partial charge < -0.3 is 5.32 Å². The third kappa shape index (κ3) is 3.09. The van der Waals surface area contributed by atoms with Crippen LogP contribution in [0.5, 0.6) is 0 Å². The van der Waals surface area contributed by atoms with Gasteiger partial charge in [-0.25, -0.2) is 0 Å². The van der Waals surface area contributed by atoms with E-state index in [4.69, 9.17) is 5.26 Å². The molecule has 6 heteroatoms. The third-order valence-electron chi connectivity index (χ3n) is 2.73. The van der Waals surface area contributed by atoms with Crippen LogP contribution in [-0.4, -0.2) is 9.91 Å². The Balaban J connectivity index is 2.15. The predicted octanol–water partition coefficient (Wildman–Crippen LogP) is 2.78. The van der Waals surface area contributed by atoms with Gasteiger partial charge >= 0.3 is 0 Å². The molecule has 0 atom stereocenters. The number of benzene rings is 1. The van der Waals surface area contributed by atoms with Gasteiger partial charge in [-0.1, -0.05) is 6.07 Å². The van der Waals surface area contributed by atoms with Crippen molar-refractivity contribution in [2.24, 2.45) is 0 Å². The summed E-state index contributed by atoms with van der Waals surface area (Å²) in [4.78, 5) is 14.5. The lowest BCUT2D eigenvalue weighted by Gasteiger charge is -2.07. The Morgan fingerprint density at radius 3 is 2.85 bits per heavy atom. The molecule has 0 aliphatic rings. The Labute approximate surface area is 115 Å². The lowest BCUT2D eigenvalue weighted by Crippen LogP contribution is -2.03. The number of aryl methyl sites for hydroxylation is 1. The van der Waals surface area contributed by atoms with Gasteiger partial charge in [-0.3, -0.25) is 15.1 Å². The molecule has 1 heterocycles. The molecule has 0 fully saturated rings. The van der Waals surface area contributed by atoms with Gasteiger partial charge in [0.05, 0.1) is 17.2 Å². The van der Waals surface area contributed by atoms with Crippen molar-refractivity contribution in [1.29, 1.82) is 5.26 Å². The molecular weight excluding hydrogens is 256 g/mol. The maximum absolute atomic E-state index is 10.7. The molecule has 0 radical (unpaired) electrons. The highest BCUT2D eigenvalue weighted by Crippen LogP contribution is 2.22. The first-order valence-electron chi connectivity index (χ1n) is 5.95. The van der Waals surface area contributed by atoms with Crippen LogP contribution < -0.4 is 5.32 Å². The highest BCUT2D eigenvalue weighted by atomic mass is 16.6. The molecule has 0 saturated carbocycles. The van der Waals surface area contributed by atoms with Crippen LogP contribution in [0.4, 0.5) is 11.4 Å². The summed E-state index contributed by atoms with van der Waals surface area (Å²) >= 11 is 0. The molecule has 100 valence electrons. The third-order valence-corrected chi connectivity index (χ3v) is 2.73. The summed E-state index contributed by atoms with van der Waals surface area (Å²) in [5.41, 5.74) is 2.28. The molecule has 1 aromatic heterocycles. The first-order valence-corrected chi connectivity index (χ1v) is 5.95. The fourth-order valence-corrected chi connectivity index (χ4v) is 1.79. The highest BCUT2D eigenvalue weighted by Gasteiger charge is 2.13. The molecule has 2 rings (SSSR count). The van der Waals surface area contributed by atoms with E-state index >= 15 is 0 Å². The van der Waals surface area contributed by atoms with Crippen LogP contribution in [0.15, 0.2) is 36.4 Å². The van der Waals surface area contributed by atoms with Crippen LogP contribution >= 0.6 is 0 Å². The van der Waals surface area contributed by atoms with Gasteiger partial charge in [-0.15, -0.1) is 0 Å². The fraction of sp³-hybridized carbons (Fsp3) is 0.143. The van der Waals surface area contributed by atoms with Gasteiger partial charge in [-0.2, -0.15) is 5.26 Å². The topological polar surface area (TPSA) is 91.9 Å². The fourth-order valence-electron chi connectivity index (χ4n) is 1.79. The Morgan fingerprint density at radius 2 is 2.20 bits per heavy atom. The molecule has 6 nitrogen and oxygen atoms in total. The number of aromatic nitrogens is 1. The lowest BCUT2D eigenvalue weighted by molar-refractivity contribution is -0.385. The molecule has 0 bridgehead atoms. The number of hydrogen-bond acceptors (Lipinski definition) is 5. The molecule has 1 N–H and O–H groups in total. The van der Waals surface area contributed by atoms with Gasteiger partial charge in [0.15, 0.2) is 0 Å². The Bertz CT molecular complexity index is 692. The summed E-state index contributed by atoms with van der Waals surface area (Å²) in [7, 11) is 0. The van der Waals surface area contributed by atoms with Crippen LogP contribution in [0.2, 0.25) is 0 Å². The highest BCUT2D eigenvalue weighted by molar-refractivity contribution is 5.58. The molecule has 2 aromatic rings. The zero-order valence-corrected chi connectivity index (χ0v) is 10.8. The van der Waals surface area contributed by atoms with E-state index < -0.39 is 4.92 Å². The van der Waals surface area contributed by atoms with Gasteiger partial charge in [0.2, 0.25) is 0 Å². The largest absolute Gasteiger partial charge is 0.379 e. The quantitative estimate of drug-likeness (QED) is 0.680. The van der Waals surface area contributed by atoms with Gasteiger partial charge in [0.25, 0.3) is 5.69 Å². The monoisotopic (exact) mass is 268 g/mol. The number of nitrogens with zero attached hydrogens (tertiary/aromatic N) is 3. The normalized spacial score (nSPS) is 9.80. The maximum Gasteiger partial charge on any atom is 0.287 e. The Hall–Kier alpha value is -2.94. The van der Waals surface area contributed by atoms with E-state index in [-0.39, 0.29) is 11.3 Å². The number of nitrogens with one attached hydrogen (secondary N) is 1. The molecule has 0 aliphatic heterocycles. The second kappa shape index (κ2) is 5.80. The number of hydrogen-bond donors (Lipinski definition) is 1. The Morgan fingerprint density at radius 1 is 1.40 bits per heavy atom. The number of rotatable bonds is 4. The predicted molar refractivity (Wildman–Crippen MR) is 74.1 cm³/mol. The molecule has 0 amide bonds. The minimum Gasteiger partial charge on any atom is -0.379 e. The van der Waals surface area contributed by atoms with E-state index in [2.05, 4.69) is 10.3 Å². The van der Waals surface area contributed by atoms with Crippen molar-refractivity contribution in [1.82, 2.24) is 4.98 Å². The summed E-state index contributed by atoms with van der Waals surface area (Å²) in [6.07, 6.45) is 0. The van der Waals surface area contributed by atoms with Crippen molar-refractivity contribution in [3.8, 4) is 6.07 Å². The van der Waals surface area contributed by atoms with Crippen molar-refractivity contribution >= 4 is 11.4 Å². The van der Waals surface area contributed by atoms with Crippen LogP contribution in [0, 0.1) is 28.4 Å². The molecule has 0 unspecified atom stereocenters. The van der Waals surface area contributed by atoms with Crippen molar-refractivity contribution in [2.75, 3.05) is 5.32 Å².